The van der Waals surface area contributed by atoms with Crippen molar-refractivity contribution in [2.45, 2.75) is 32.7 Å². The number of halogens is 2. The average molecular weight is 258 g/mol. The average Bonchev–Trinajstić information content (AvgIpc) is 2.15. The first-order valence-corrected chi connectivity index (χ1v) is 6.54. The lowest BCUT2D eigenvalue weighted by Gasteiger charge is -2.29. The van der Waals surface area contributed by atoms with Gasteiger partial charge >= 0.3 is 0 Å². The van der Waals surface area contributed by atoms with Crippen molar-refractivity contribution in [2.75, 3.05) is 6.54 Å². The molecule has 0 saturated heterocycles. The molecule has 1 aliphatic rings. The van der Waals surface area contributed by atoms with Crippen LogP contribution in [0.4, 0.5) is 0 Å². The third kappa shape index (κ3) is 2.53. The molecular formula is C13H17Cl2N. The highest BCUT2D eigenvalue weighted by Gasteiger charge is 2.23. The molecule has 1 aromatic rings. The van der Waals surface area contributed by atoms with Crippen molar-refractivity contribution in [3.05, 3.63) is 33.3 Å². The molecule has 2 rings (SSSR count). The van der Waals surface area contributed by atoms with E-state index >= 15 is 0 Å². The molecule has 1 unspecified atom stereocenters. The molecule has 1 aliphatic heterocycles. The molecule has 3 heteroatoms. The molecule has 0 spiro atoms. The van der Waals surface area contributed by atoms with E-state index in [1.165, 1.54) is 11.1 Å². The number of benzene rings is 1. The van der Waals surface area contributed by atoms with Gasteiger partial charge in [-0.15, -0.1) is 0 Å². The Kier molecular flexibility index (Phi) is 3.78. The fraction of sp³-hybridized carbons (Fsp3) is 0.538. The van der Waals surface area contributed by atoms with Crippen LogP contribution < -0.4 is 5.32 Å². The van der Waals surface area contributed by atoms with Crippen LogP contribution in [0.5, 0.6) is 0 Å². The molecule has 16 heavy (non-hydrogen) atoms. The molecule has 0 aliphatic carbocycles. The van der Waals surface area contributed by atoms with E-state index in [-0.39, 0.29) is 0 Å². The maximum absolute atomic E-state index is 6.30. The summed E-state index contributed by atoms with van der Waals surface area (Å²) in [4.78, 5) is 0. The molecule has 1 aromatic carbocycles. The van der Waals surface area contributed by atoms with Gasteiger partial charge in [-0.3, -0.25) is 0 Å². The summed E-state index contributed by atoms with van der Waals surface area (Å²) in [6, 6.07) is 4.28. The predicted molar refractivity (Wildman–Crippen MR) is 70.4 cm³/mol. The van der Waals surface area contributed by atoms with Crippen LogP contribution >= 0.6 is 23.2 Å². The van der Waals surface area contributed by atoms with Gasteiger partial charge in [0.15, 0.2) is 0 Å². The lowest BCUT2D eigenvalue weighted by molar-refractivity contribution is 0.414. The van der Waals surface area contributed by atoms with Crippen molar-refractivity contribution < 1.29 is 0 Å². The summed E-state index contributed by atoms with van der Waals surface area (Å²) in [6.45, 7) is 5.49. The minimum atomic E-state index is 0.383. The Bertz CT molecular complexity index is 388. The summed E-state index contributed by atoms with van der Waals surface area (Å²) in [5.74, 6) is 0.662. The van der Waals surface area contributed by atoms with Crippen LogP contribution in [0, 0.1) is 5.92 Å². The van der Waals surface area contributed by atoms with Crippen molar-refractivity contribution >= 4 is 23.2 Å². The number of nitrogens with one attached hydrogen (secondary N) is 1. The highest BCUT2D eigenvalue weighted by atomic mass is 35.5. The highest BCUT2D eigenvalue weighted by Crippen LogP contribution is 2.35. The Labute approximate surface area is 107 Å². The molecule has 0 amide bonds. The summed E-state index contributed by atoms with van der Waals surface area (Å²) in [5, 5.41) is 5.09. The Morgan fingerprint density at radius 2 is 2.12 bits per heavy atom. The summed E-state index contributed by atoms with van der Waals surface area (Å²) in [7, 11) is 0. The zero-order valence-corrected chi connectivity index (χ0v) is 11.2. The quantitative estimate of drug-likeness (QED) is 0.837. The minimum absolute atomic E-state index is 0.383. The first kappa shape index (κ1) is 12.2. The van der Waals surface area contributed by atoms with Gasteiger partial charge in [-0.25, -0.2) is 0 Å². The second-order valence-corrected chi connectivity index (χ2v) is 5.69. The van der Waals surface area contributed by atoms with Crippen molar-refractivity contribution in [3.8, 4) is 0 Å². The maximum atomic E-state index is 6.30. The third-order valence-corrected chi connectivity index (χ3v) is 3.55. The maximum Gasteiger partial charge on any atom is 0.0471 e. The molecule has 0 fully saturated rings. The van der Waals surface area contributed by atoms with E-state index in [9.17, 15) is 0 Å². The summed E-state index contributed by atoms with van der Waals surface area (Å²) in [5.41, 5.74) is 2.56. The summed E-state index contributed by atoms with van der Waals surface area (Å²) >= 11 is 12.3. The molecule has 1 heterocycles. The van der Waals surface area contributed by atoms with Gasteiger partial charge < -0.3 is 5.32 Å². The van der Waals surface area contributed by atoms with Gasteiger partial charge in [0.1, 0.15) is 0 Å². The first-order valence-electron chi connectivity index (χ1n) is 5.79. The highest BCUT2D eigenvalue weighted by molar-refractivity contribution is 6.35. The monoisotopic (exact) mass is 257 g/mol. The van der Waals surface area contributed by atoms with Crippen molar-refractivity contribution in [1.29, 1.82) is 0 Å². The van der Waals surface area contributed by atoms with Gasteiger partial charge in [0.05, 0.1) is 0 Å². The predicted octanol–water partition coefficient (Wildman–Crippen LogP) is 4.23. The second-order valence-electron chi connectivity index (χ2n) is 4.85. The van der Waals surface area contributed by atoms with Crippen LogP contribution in [0.15, 0.2) is 12.1 Å². The summed E-state index contributed by atoms with van der Waals surface area (Å²) in [6.07, 6.45) is 2.14. The Morgan fingerprint density at radius 1 is 1.38 bits per heavy atom. The minimum Gasteiger partial charge on any atom is -0.310 e. The lowest BCUT2D eigenvalue weighted by atomic mass is 9.89. The SMILES string of the molecule is CC(C)CC1NCCc2cc(Cl)cc(Cl)c21. The zero-order valence-electron chi connectivity index (χ0n) is 9.69. The van der Waals surface area contributed by atoms with E-state index in [1.807, 2.05) is 6.07 Å². The third-order valence-electron chi connectivity index (χ3n) is 3.02. The number of hydrogen-bond acceptors (Lipinski definition) is 1. The van der Waals surface area contributed by atoms with Crippen molar-refractivity contribution in [3.63, 3.8) is 0 Å². The van der Waals surface area contributed by atoms with Crippen LogP contribution in [0.3, 0.4) is 0 Å². The van der Waals surface area contributed by atoms with Gasteiger partial charge in [0.2, 0.25) is 0 Å². The molecule has 1 nitrogen and oxygen atoms in total. The van der Waals surface area contributed by atoms with Crippen LogP contribution in [0.25, 0.3) is 0 Å². The van der Waals surface area contributed by atoms with Gasteiger partial charge in [-0.1, -0.05) is 37.0 Å². The van der Waals surface area contributed by atoms with Gasteiger partial charge in [-0.2, -0.15) is 0 Å². The molecule has 0 saturated carbocycles. The lowest BCUT2D eigenvalue weighted by Crippen LogP contribution is -2.31. The van der Waals surface area contributed by atoms with Gasteiger partial charge in [-0.05, 0) is 48.6 Å². The molecule has 0 bridgehead atoms. The topological polar surface area (TPSA) is 12.0 Å². The molecule has 1 atom stereocenters. The van der Waals surface area contributed by atoms with E-state index in [0.29, 0.717) is 12.0 Å². The number of fused-ring (bicyclic) bond motifs is 1. The van der Waals surface area contributed by atoms with Crippen LogP contribution in [-0.4, -0.2) is 6.54 Å². The molecule has 88 valence electrons. The van der Waals surface area contributed by atoms with E-state index < -0.39 is 0 Å². The zero-order chi connectivity index (χ0) is 11.7. The largest absolute Gasteiger partial charge is 0.310 e. The standard InChI is InChI=1S/C13H17Cl2N/c1-8(2)5-12-13-9(3-4-16-12)6-10(14)7-11(13)15/h6-8,12,16H,3-5H2,1-2H3. The fourth-order valence-corrected chi connectivity index (χ4v) is 3.06. The van der Waals surface area contributed by atoms with Gasteiger partial charge in [0, 0.05) is 16.1 Å². The number of hydrogen-bond donors (Lipinski definition) is 1. The molecular weight excluding hydrogens is 241 g/mol. The van der Waals surface area contributed by atoms with E-state index in [0.717, 1.165) is 29.4 Å². The van der Waals surface area contributed by atoms with Crippen LogP contribution in [-0.2, 0) is 6.42 Å². The van der Waals surface area contributed by atoms with Crippen molar-refractivity contribution in [1.82, 2.24) is 5.32 Å². The smallest absolute Gasteiger partial charge is 0.0471 e. The van der Waals surface area contributed by atoms with E-state index in [4.69, 9.17) is 23.2 Å². The molecule has 0 radical (unpaired) electrons. The van der Waals surface area contributed by atoms with Gasteiger partial charge in [0.25, 0.3) is 0 Å². The summed E-state index contributed by atoms with van der Waals surface area (Å²) < 4.78 is 0. The Morgan fingerprint density at radius 3 is 2.81 bits per heavy atom. The number of rotatable bonds is 2. The molecule has 0 aromatic heterocycles. The van der Waals surface area contributed by atoms with E-state index in [2.05, 4.69) is 25.2 Å². The van der Waals surface area contributed by atoms with E-state index in [1.54, 1.807) is 0 Å². The second kappa shape index (κ2) is 4.95. The Hall–Kier alpha value is -0.240. The van der Waals surface area contributed by atoms with Crippen molar-refractivity contribution in [2.24, 2.45) is 5.92 Å². The van der Waals surface area contributed by atoms with Crippen LogP contribution in [0.2, 0.25) is 10.0 Å². The fourth-order valence-electron chi connectivity index (χ4n) is 2.39. The molecule has 1 N–H and O–H groups in total. The Balaban J connectivity index is 2.37. The normalized spacial score (nSPS) is 19.9. The van der Waals surface area contributed by atoms with Crippen LogP contribution in [0.1, 0.15) is 37.4 Å². The first-order chi connectivity index (χ1) is 7.58.